The lowest BCUT2D eigenvalue weighted by Gasteiger charge is -2.07. The second-order valence-electron chi connectivity index (χ2n) is 11.1. The Morgan fingerprint density at radius 1 is 0.608 bits per heavy atom. The Bertz CT molecular complexity index is 1920. The van der Waals surface area contributed by atoms with Gasteiger partial charge in [-0.3, -0.25) is 4.79 Å². The summed E-state index contributed by atoms with van der Waals surface area (Å²) in [5, 5.41) is -0.0638. The van der Waals surface area contributed by atoms with E-state index < -0.39 is 11.9 Å². The summed E-state index contributed by atoms with van der Waals surface area (Å²) in [6.45, 7) is 10.1. The zero-order chi connectivity index (χ0) is 36.3. The molecule has 0 heterocycles. The van der Waals surface area contributed by atoms with Crippen molar-refractivity contribution < 1.29 is 33.3 Å². The molecular formula is C43H38O7S. The summed E-state index contributed by atoms with van der Waals surface area (Å²) in [5.74, 6) is 13.3. The van der Waals surface area contributed by atoms with Gasteiger partial charge in [0.2, 0.25) is 5.12 Å². The van der Waals surface area contributed by atoms with Crippen molar-refractivity contribution in [2.75, 3.05) is 26.4 Å². The molecule has 0 saturated carbocycles. The van der Waals surface area contributed by atoms with Crippen LogP contribution in [0.15, 0.2) is 127 Å². The predicted molar refractivity (Wildman–Crippen MR) is 200 cm³/mol. The molecule has 0 aliphatic carbocycles. The van der Waals surface area contributed by atoms with Crippen molar-refractivity contribution in [1.29, 1.82) is 0 Å². The fraction of sp³-hybridized carbons (Fsp3) is 0.186. The molecule has 0 aromatic heterocycles. The monoisotopic (exact) mass is 698 g/mol. The highest BCUT2D eigenvalue weighted by atomic mass is 32.2. The van der Waals surface area contributed by atoms with Gasteiger partial charge in [0, 0.05) is 50.8 Å². The molecule has 0 N–H and O–H groups in total. The third kappa shape index (κ3) is 13.8. The van der Waals surface area contributed by atoms with Gasteiger partial charge in [-0.05, 0) is 129 Å². The second-order valence-corrected chi connectivity index (χ2v) is 12.1. The highest BCUT2D eigenvalue weighted by Gasteiger charge is 2.09. The number of unbranched alkanes of at least 4 members (excludes halogenated alkanes) is 1. The summed E-state index contributed by atoms with van der Waals surface area (Å²) < 4.78 is 21.4. The predicted octanol–water partition coefficient (Wildman–Crippen LogP) is 8.20. The van der Waals surface area contributed by atoms with E-state index in [2.05, 4.69) is 36.8 Å². The minimum atomic E-state index is -0.427. The lowest BCUT2D eigenvalue weighted by Crippen LogP contribution is -2.09. The lowest BCUT2D eigenvalue weighted by atomic mass is 10.1. The highest BCUT2D eigenvalue weighted by molar-refractivity contribution is 8.14. The van der Waals surface area contributed by atoms with Crippen molar-refractivity contribution >= 4 is 28.8 Å². The molecule has 0 saturated heterocycles. The van der Waals surface area contributed by atoms with E-state index in [4.69, 9.17) is 18.9 Å². The van der Waals surface area contributed by atoms with Crippen LogP contribution in [0, 0.1) is 23.7 Å². The summed E-state index contributed by atoms with van der Waals surface area (Å²) in [7, 11) is 0. The van der Waals surface area contributed by atoms with Gasteiger partial charge in [-0.15, -0.1) is 0 Å². The van der Waals surface area contributed by atoms with Crippen molar-refractivity contribution in [3.63, 3.8) is 0 Å². The van der Waals surface area contributed by atoms with Crippen molar-refractivity contribution in [1.82, 2.24) is 0 Å². The Balaban J connectivity index is 1.18. The second kappa shape index (κ2) is 20.5. The van der Waals surface area contributed by atoms with E-state index in [1.165, 1.54) is 0 Å². The maximum Gasteiger partial charge on any atom is 0.333 e. The maximum atomic E-state index is 12.8. The van der Waals surface area contributed by atoms with E-state index in [0.29, 0.717) is 49.5 Å². The number of ether oxygens (including phenoxy) is 4. The summed E-state index contributed by atoms with van der Waals surface area (Å²) in [6, 6.07) is 29.9. The number of carbonyl (C=O) groups is 3. The normalized spacial score (nSPS) is 9.98. The van der Waals surface area contributed by atoms with Crippen molar-refractivity contribution in [2.45, 2.75) is 31.1 Å². The third-order valence-electron chi connectivity index (χ3n) is 6.95. The molecule has 0 spiro atoms. The van der Waals surface area contributed by atoms with Crippen LogP contribution in [0.3, 0.4) is 0 Å². The van der Waals surface area contributed by atoms with E-state index in [0.717, 1.165) is 57.2 Å². The fourth-order valence-electron chi connectivity index (χ4n) is 4.18. The highest BCUT2D eigenvalue weighted by Crippen LogP contribution is 2.24. The van der Waals surface area contributed by atoms with Crippen molar-refractivity contribution in [2.24, 2.45) is 0 Å². The lowest BCUT2D eigenvalue weighted by molar-refractivity contribution is -0.139. The fourth-order valence-corrected chi connectivity index (χ4v) is 4.92. The number of benzene rings is 4. The first-order valence-electron chi connectivity index (χ1n) is 16.3. The van der Waals surface area contributed by atoms with Crippen LogP contribution in [-0.2, 0) is 19.1 Å². The first-order chi connectivity index (χ1) is 24.8. The molecular weight excluding hydrogens is 661 g/mol. The smallest absolute Gasteiger partial charge is 0.333 e. The molecule has 0 atom stereocenters. The van der Waals surface area contributed by atoms with E-state index in [-0.39, 0.29) is 11.7 Å². The van der Waals surface area contributed by atoms with Gasteiger partial charge in [0.25, 0.3) is 0 Å². The van der Waals surface area contributed by atoms with Crippen LogP contribution in [0.2, 0.25) is 0 Å². The zero-order valence-corrected chi connectivity index (χ0v) is 29.3. The first kappa shape index (κ1) is 37.9. The first-order valence-corrected chi connectivity index (χ1v) is 17.1. The van der Waals surface area contributed by atoms with Crippen LogP contribution in [0.5, 0.6) is 11.5 Å². The zero-order valence-electron chi connectivity index (χ0n) is 28.4. The van der Waals surface area contributed by atoms with E-state index in [1.54, 1.807) is 31.2 Å². The van der Waals surface area contributed by atoms with E-state index in [9.17, 15) is 14.4 Å². The number of esters is 2. The molecule has 258 valence electrons. The van der Waals surface area contributed by atoms with Gasteiger partial charge in [0.1, 0.15) is 11.5 Å². The minimum Gasteiger partial charge on any atom is -0.494 e. The van der Waals surface area contributed by atoms with Gasteiger partial charge in [0.05, 0.1) is 26.4 Å². The van der Waals surface area contributed by atoms with Crippen LogP contribution in [0.25, 0.3) is 0 Å². The maximum absolute atomic E-state index is 12.8. The Morgan fingerprint density at radius 3 is 1.55 bits per heavy atom. The van der Waals surface area contributed by atoms with Gasteiger partial charge in [-0.2, -0.15) is 0 Å². The molecule has 51 heavy (non-hydrogen) atoms. The molecule has 0 radical (unpaired) electrons. The number of hydrogen-bond donors (Lipinski definition) is 0. The quantitative estimate of drug-likeness (QED) is 0.0404. The molecule has 0 aliphatic rings. The molecule has 4 rings (SSSR count). The van der Waals surface area contributed by atoms with Crippen LogP contribution >= 0.6 is 11.8 Å². The number of carbonyl (C=O) groups excluding carboxylic acids is 3. The minimum absolute atomic E-state index is 0.0638. The van der Waals surface area contributed by atoms with Crippen molar-refractivity contribution in [3.05, 3.63) is 150 Å². The summed E-state index contributed by atoms with van der Waals surface area (Å²) in [5.41, 5.74) is 4.41. The van der Waals surface area contributed by atoms with Crippen LogP contribution in [0.1, 0.15) is 58.8 Å². The standard InChI is InChI=1S/C43H38O7S/c1-4-41(44)49-29-6-5-28-47-39-24-20-37(21-25-39)43(46)51-40-26-18-36(19-27-40)15-13-34-10-8-33(9-11-34)12-14-35-16-22-38(23-17-35)48-30-7-31-50-42(45)32(2)3/h4,8-11,16-27H,1-2,5-7,28-31H2,3H3. The van der Waals surface area contributed by atoms with Crippen LogP contribution < -0.4 is 9.47 Å². The summed E-state index contributed by atoms with van der Waals surface area (Å²) >= 11 is 1.16. The van der Waals surface area contributed by atoms with Gasteiger partial charge in [0.15, 0.2) is 0 Å². The van der Waals surface area contributed by atoms with Gasteiger partial charge in [-0.1, -0.05) is 36.8 Å². The molecule has 0 aliphatic heterocycles. The number of thioether (sulfide) groups is 1. The molecule has 0 unspecified atom stereocenters. The number of rotatable bonds is 15. The average molecular weight is 699 g/mol. The van der Waals surface area contributed by atoms with Crippen molar-refractivity contribution in [3.8, 4) is 35.2 Å². The molecule has 4 aromatic carbocycles. The molecule has 0 fully saturated rings. The molecule has 8 heteroatoms. The van der Waals surface area contributed by atoms with Crippen LogP contribution in [0.4, 0.5) is 0 Å². The Kier molecular flexibility index (Phi) is 15.2. The third-order valence-corrected chi connectivity index (χ3v) is 7.88. The SMILES string of the molecule is C=CC(=O)OCCCCOc1ccc(C(=O)Sc2ccc(C#Cc3ccc(C#Cc4ccc(OCCCOC(=O)C(=C)C)cc4)cc3)cc2)cc1. The summed E-state index contributed by atoms with van der Waals surface area (Å²) in [4.78, 5) is 36.1. The topological polar surface area (TPSA) is 88.1 Å². The molecule has 0 amide bonds. The molecule has 7 nitrogen and oxygen atoms in total. The summed E-state index contributed by atoms with van der Waals surface area (Å²) in [6.07, 6.45) is 3.16. The van der Waals surface area contributed by atoms with Gasteiger partial charge in [-0.25, -0.2) is 9.59 Å². The molecule has 0 bridgehead atoms. The van der Waals surface area contributed by atoms with E-state index in [1.807, 2.05) is 72.8 Å². The average Bonchev–Trinajstić information content (AvgIpc) is 3.15. The van der Waals surface area contributed by atoms with Gasteiger partial charge < -0.3 is 18.9 Å². The Labute approximate surface area is 303 Å². The largest absolute Gasteiger partial charge is 0.494 e. The Morgan fingerprint density at radius 2 is 1.04 bits per heavy atom. The Hall–Kier alpha value is -5.96. The van der Waals surface area contributed by atoms with E-state index >= 15 is 0 Å². The van der Waals surface area contributed by atoms with Gasteiger partial charge >= 0.3 is 11.9 Å². The van der Waals surface area contributed by atoms with Crippen LogP contribution in [-0.4, -0.2) is 43.5 Å². The number of hydrogen-bond acceptors (Lipinski definition) is 8. The molecule has 4 aromatic rings.